The lowest BCUT2D eigenvalue weighted by Crippen LogP contribution is -2.56. The molecule has 1 aromatic rings. The van der Waals surface area contributed by atoms with Crippen molar-refractivity contribution in [1.29, 1.82) is 0 Å². The van der Waals surface area contributed by atoms with E-state index in [1.54, 1.807) is 30.3 Å². The fraction of sp³-hybridized carbons (Fsp3) is 0.522. The summed E-state index contributed by atoms with van der Waals surface area (Å²) in [4.78, 5) is 13.6. The summed E-state index contributed by atoms with van der Waals surface area (Å²) in [6, 6.07) is 4.50. The van der Waals surface area contributed by atoms with Crippen LogP contribution in [-0.4, -0.2) is 74.1 Å². The second-order valence-electron chi connectivity index (χ2n) is 8.78. The summed E-state index contributed by atoms with van der Waals surface area (Å²) in [5.41, 5.74) is -2.29. The van der Waals surface area contributed by atoms with Crippen LogP contribution in [0.4, 0.5) is 17.6 Å². The number of ether oxygens (including phenoxy) is 1. The molecule has 2 unspecified atom stereocenters. The van der Waals surface area contributed by atoms with Gasteiger partial charge < -0.3 is 9.64 Å². The molecular weight excluding hydrogens is 476 g/mol. The van der Waals surface area contributed by atoms with Crippen molar-refractivity contribution in [3.63, 3.8) is 0 Å². The van der Waals surface area contributed by atoms with Crippen LogP contribution in [0.15, 0.2) is 48.6 Å². The van der Waals surface area contributed by atoms with Gasteiger partial charge in [0.2, 0.25) is 10.0 Å². The van der Waals surface area contributed by atoms with Gasteiger partial charge in [-0.1, -0.05) is 42.5 Å². The molecule has 34 heavy (non-hydrogen) atoms. The van der Waals surface area contributed by atoms with Crippen LogP contribution in [0.1, 0.15) is 25.3 Å². The lowest BCUT2D eigenvalue weighted by atomic mass is 9.80. The van der Waals surface area contributed by atoms with Crippen molar-refractivity contribution in [2.24, 2.45) is 0 Å². The van der Waals surface area contributed by atoms with E-state index in [0.717, 1.165) is 11.0 Å². The number of carbonyl (C=O) groups is 1. The zero-order valence-corrected chi connectivity index (χ0v) is 19.3. The standard InChI is InChI=1S/C23H26F4N2O4S/c1-2-34(31,32)28-20-17(29(14-23(20,26)27)21(30)18-10-12-33-18)13-22(25)11-6-9-16(19(22)24)15-7-4-3-5-8-15/h3-9,11,17-20,28H,2,10,12-14H2,1H3/t17-,18-,19?,20+,22?/m0/s1. The van der Waals surface area contributed by atoms with Crippen molar-refractivity contribution in [2.45, 2.75) is 55.7 Å². The van der Waals surface area contributed by atoms with E-state index < -0.39 is 70.6 Å². The van der Waals surface area contributed by atoms with Gasteiger partial charge in [0.1, 0.15) is 12.1 Å². The van der Waals surface area contributed by atoms with Crippen LogP contribution < -0.4 is 4.72 Å². The number of nitrogens with zero attached hydrogens (tertiary/aromatic N) is 1. The van der Waals surface area contributed by atoms with Gasteiger partial charge in [-0.25, -0.2) is 30.7 Å². The van der Waals surface area contributed by atoms with Crippen molar-refractivity contribution in [1.82, 2.24) is 9.62 Å². The number of amides is 1. The lowest BCUT2D eigenvalue weighted by Gasteiger charge is -2.38. The van der Waals surface area contributed by atoms with Gasteiger partial charge in [0.05, 0.1) is 24.9 Å². The molecule has 1 aromatic carbocycles. The molecule has 0 spiro atoms. The van der Waals surface area contributed by atoms with Crippen molar-refractivity contribution in [3.8, 4) is 0 Å². The summed E-state index contributed by atoms with van der Waals surface area (Å²) in [6.45, 7) is 0.431. The van der Waals surface area contributed by atoms with Crippen LogP contribution in [0.3, 0.4) is 0 Å². The van der Waals surface area contributed by atoms with Crippen LogP contribution in [0, 0.1) is 0 Å². The molecule has 0 radical (unpaired) electrons. The smallest absolute Gasteiger partial charge is 0.283 e. The molecule has 1 amide bonds. The third-order valence-corrected chi connectivity index (χ3v) is 7.91. The minimum Gasteiger partial charge on any atom is -0.368 e. The van der Waals surface area contributed by atoms with Crippen LogP contribution in [-0.2, 0) is 19.6 Å². The van der Waals surface area contributed by atoms with E-state index in [2.05, 4.69) is 0 Å². The Bertz CT molecular complexity index is 1090. The number of rotatable bonds is 7. The van der Waals surface area contributed by atoms with Gasteiger partial charge in [-0.3, -0.25) is 4.79 Å². The average molecular weight is 503 g/mol. The topological polar surface area (TPSA) is 75.7 Å². The maximum Gasteiger partial charge on any atom is 0.283 e. The molecule has 2 heterocycles. The summed E-state index contributed by atoms with van der Waals surface area (Å²) in [5, 5.41) is 0. The molecule has 1 aliphatic carbocycles. The second-order valence-corrected chi connectivity index (χ2v) is 10.8. The van der Waals surface area contributed by atoms with E-state index in [-0.39, 0.29) is 12.2 Å². The number of benzene rings is 1. The molecular formula is C23H26F4N2O4S. The summed E-state index contributed by atoms with van der Waals surface area (Å²) < 4.78 is 93.2. The normalized spacial score (nSPS) is 32.9. The van der Waals surface area contributed by atoms with Gasteiger partial charge in [0.25, 0.3) is 11.8 Å². The fourth-order valence-electron chi connectivity index (χ4n) is 4.53. The highest BCUT2D eigenvalue weighted by atomic mass is 32.2. The third kappa shape index (κ3) is 4.65. The van der Waals surface area contributed by atoms with Crippen LogP contribution in [0.25, 0.3) is 5.57 Å². The van der Waals surface area contributed by atoms with Crippen molar-refractivity contribution >= 4 is 21.5 Å². The Balaban J connectivity index is 1.68. The Hall–Kier alpha value is -2.24. The Morgan fingerprint density at radius 2 is 1.91 bits per heavy atom. The lowest BCUT2D eigenvalue weighted by molar-refractivity contribution is -0.158. The van der Waals surface area contributed by atoms with Crippen LogP contribution >= 0.6 is 0 Å². The number of hydrogen-bond donors (Lipinski definition) is 1. The number of carbonyl (C=O) groups excluding carboxylic acids is 1. The molecule has 11 heteroatoms. The van der Waals surface area contributed by atoms with Gasteiger partial charge in [-0.15, -0.1) is 0 Å². The van der Waals surface area contributed by atoms with Gasteiger partial charge >= 0.3 is 0 Å². The van der Waals surface area contributed by atoms with E-state index in [1.165, 1.54) is 19.1 Å². The van der Waals surface area contributed by atoms with Crippen molar-refractivity contribution in [3.05, 3.63) is 54.1 Å². The van der Waals surface area contributed by atoms with E-state index in [9.17, 15) is 13.2 Å². The number of allylic oxidation sites excluding steroid dienone is 4. The molecule has 6 nitrogen and oxygen atoms in total. The Labute approximate surface area is 195 Å². The third-order valence-electron chi connectivity index (χ3n) is 6.54. The quantitative estimate of drug-likeness (QED) is 0.582. The zero-order chi connectivity index (χ0) is 24.7. The number of sulfonamides is 1. The first kappa shape index (κ1) is 24.9. The molecule has 2 fully saturated rings. The summed E-state index contributed by atoms with van der Waals surface area (Å²) >= 11 is 0. The summed E-state index contributed by atoms with van der Waals surface area (Å²) in [6.07, 6.45) is -0.0743. The Kier molecular flexibility index (Phi) is 6.65. The first-order chi connectivity index (χ1) is 16.0. The Morgan fingerprint density at radius 3 is 2.50 bits per heavy atom. The molecule has 2 aliphatic heterocycles. The highest BCUT2D eigenvalue weighted by Crippen LogP contribution is 2.44. The molecule has 2 saturated heterocycles. The summed E-state index contributed by atoms with van der Waals surface area (Å²) in [5.74, 6) is -4.96. The minimum absolute atomic E-state index is 0.0289. The number of halogens is 4. The largest absolute Gasteiger partial charge is 0.368 e. The van der Waals surface area contributed by atoms with Gasteiger partial charge in [0, 0.05) is 12.8 Å². The minimum atomic E-state index is -4.14. The maximum absolute atomic E-state index is 16.1. The zero-order valence-electron chi connectivity index (χ0n) is 18.5. The highest BCUT2D eigenvalue weighted by Gasteiger charge is 2.60. The molecule has 186 valence electrons. The van der Waals surface area contributed by atoms with Gasteiger partial charge in [0.15, 0.2) is 11.8 Å². The average Bonchev–Trinajstić information content (AvgIpc) is 2.99. The molecule has 4 rings (SSSR count). The highest BCUT2D eigenvalue weighted by molar-refractivity contribution is 7.89. The fourth-order valence-corrected chi connectivity index (χ4v) is 5.42. The first-order valence-electron chi connectivity index (χ1n) is 11.0. The van der Waals surface area contributed by atoms with Crippen molar-refractivity contribution < 1.29 is 35.5 Å². The number of nitrogens with one attached hydrogen (secondary N) is 1. The molecule has 0 aromatic heterocycles. The molecule has 3 aliphatic rings. The van der Waals surface area contributed by atoms with Crippen LogP contribution in [0.5, 0.6) is 0 Å². The number of alkyl halides is 4. The Morgan fingerprint density at radius 1 is 1.24 bits per heavy atom. The van der Waals surface area contributed by atoms with E-state index in [0.29, 0.717) is 12.0 Å². The second kappa shape index (κ2) is 9.09. The van der Waals surface area contributed by atoms with E-state index in [1.807, 2.05) is 4.72 Å². The van der Waals surface area contributed by atoms with Gasteiger partial charge in [-0.2, -0.15) is 0 Å². The molecule has 1 N–H and O–H groups in total. The maximum atomic E-state index is 16.1. The SMILES string of the molecule is CCS(=O)(=O)N[C@@H]1[C@H](CC2(F)C=CC=C(c3ccccc3)C2F)N(C(=O)[C@@H]2CCO2)CC1(F)F. The molecule has 0 bridgehead atoms. The molecule has 5 atom stereocenters. The predicted octanol–water partition coefficient (Wildman–Crippen LogP) is 3.02. The van der Waals surface area contributed by atoms with E-state index >= 15 is 17.6 Å². The van der Waals surface area contributed by atoms with Gasteiger partial charge in [-0.05, 0) is 24.1 Å². The van der Waals surface area contributed by atoms with E-state index in [4.69, 9.17) is 4.74 Å². The number of likely N-dealkylation sites (tertiary alicyclic amines) is 1. The molecule has 0 saturated carbocycles. The van der Waals surface area contributed by atoms with Crippen molar-refractivity contribution in [2.75, 3.05) is 18.9 Å². The monoisotopic (exact) mass is 502 g/mol. The predicted molar refractivity (Wildman–Crippen MR) is 118 cm³/mol. The van der Waals surface area contributed by atoms with Crippen LogP contribution in [0.2, 0.25) is 0 Å². The number of hydrogen-bond acceptors (Lipinski definition) is 4. The first-order valence-corrected chi connectivity index (χ1v) is 12.7. The summed E-state index contributed by atoms with van der Waals surface area (Å²) in [7, 11) is -4.14.